The van der Waals surface area contributed by atoms with Crippen LogP contribution >= 0.6 is 11.6 Å². The van der Waals surface area contributed by atoms with Gasteiger partial charge in [-0.05, 0) is 18.2 Å². The van der Waals surface area contributed by atoms with Crippen LogP contribution in [-0.2, 0) is 4.74 Å². The van der Waals surface area contributed by atoms with Crippen LogP contribution in [0.1, 0.15) is 12.0 Å². The van der Waals surface area contributed by atoms with Gasteiger partial charge in [-0.2, -0.15) is 5.10 Å². The van der Waals surface area contributed by atoms with Crippen molar-refractivity contribution in [2.45, 2.75) is 12.8 Å². The SMILES string of the molecule is NN=C(C=Nc1ccc(Cl)c(C(F)F)c1)COC1N=CC(CO)=CN1. The monoisotopic (exact) mass is 371 g/mol. The van der Waals surface area contributed by atoms with Gasteiger partial charge in [0.05, 0.1) is 25.1 Å². The first-order valence-corrected chi connectivity index (χ1v) is 7.50. The molecule has 1 aliphatic heterocycles. The van der Waals surface area contributed by atoms with Gasteiger partial charge in [0.25, 0.3) is 6.43 Å². The van der Waals surface area contributed by atoms with E-state index in [1.807, 2.05) is 0 Å². The van der Waals surface area contributed by atoms with Gasteiger partial charge in [0.2, 0.25) is 6.35 Å². The number of hydrazone groups is 1. The van der Waals surface area contributed by atoms with E-state index in [4.69, 9.17) is 27.3 Å². The van der Waals surface area contributed by atoms with Gasteiger partial charge in [0.15, 0.2) is 0 Å². The maximum atomic E-state index is 12.8. The minimum absolute atomic E-state index is 0.00734. The second-order valence-electron chi connectivity index (χ2n) is 4.87. The van der Waals surface area contributed by atoms with Crippen LogP contribution in [0.4, 0.5) is 14.5 Å². The quantitative estimate of drug-likeness (QED) is 0.388. The Bertz CT molecular complexity index is 722. The van der Waals surface area contributed by atoms with Crippen LogP contribution in [-0.4, -0.2) is 42.8 Å². The summed E-state index contributed by atoms with van der Waals surface area (Å²) in [7, 11) is 0. The van der Waals surface area contributed by atoms with Crippen molar-refractivity contribution in [2.24, 2.45) is 20.9 Å². The molecule has 1 atom stereocenters. The number of halogens is 3. The molecule has 1 heterocycles. The number of aliphatic hydroxyl groups excluding tert-OH is 1. The molecule has 2 rings (SSSR count). The molecule has 1 aromatic carbocycles. The van der Waals surface area contributed by atoms with Crippen molar-refractivity contribution in [1.29, 1.82) is 0 Å². The molecule has 0 saturated carbocycles. The molecule has 134 valence electrons. The molecular formula is C15H16ClF2N5O2. The van der Waals surface area contributed by atoms with Gasteiger partial charge < -0.3 is 21.0 Å². The van der Waals surface area contributed by atoms with Crippen molar-refractivity contribution in [1.82, 2.24) is 5.32 Å². The number of hydrogen-bond donors (Lipinski definition) is 3. The molecular weight excluding hydrogens is 356 g/mol. The number of rotatable bonds is 7. The number of benzene rings is 1. The van der Waals surface area contributed by atoms with E-state index in [2.05, 4.69) is 20.4 Å². The molecule has 1 aliphatic rings. The summed E-state index contributed by atoms with van der Waals surface area (Å²) < 4.78 is 31.0. The number of ether oxygens (including phenoxy) is 1. The van der Waals surface area contributed by atoms with E-state index in [1.165, 1.54) is 30.6 Å². The number of nitrogens with one attached hydrogen (secondary N) is 1. The zero-order valence-corrected chi connectivity index (χ0v) is 13.7. The summed E-state index contributed by atoms with van der Waals surface area (Å²) in [5, 5.41) is 15.3. The van der Waals surface area contributed by atoms with E-state index in [-0.39, 0.29) is 35.2 Å². The van der Waals surface area contributed by atoms with Crippen LogP contribution < -0.4 is 11.2 Å². The predicted molar refractivity (Wildman–Crippen MR) is 92.7 cm³/mol. The molecule has 10 heteroatoms. The maximum Gasteiger partial charge on any atom is 0.265 e. The summed E-state index contributed by atoms with van der Waals surface area (Å²) in [6.45, 7) is -0.139. The van der Waals surface area contributed by atoms with Crippen molar-refractivity contribution < 1.29 is 18.6 Å². The lowest BCUT2D eigenvalue weighted by Gasteiger charge is -2.17. The van der Waals surface area contributed by atoms with Crippen molar-refractivity contribution in [2.75, 3.05) is 13.2 Å². The highest BCUT2D eigenvalue weighted by Gasteiger charge is 2.12. The Morgan fingerprint density at radius 1 is 1.52 bits per heavy atom. The maximum absolute atomic E-state index is 12.8. The molecule has 0 amide bonds. The average Bonchev–Trinajstić information content (AvgIpc) is 2.63. The lowest BCUT2D eigenvalue weighted by molar-refractivity contribution is 0.0727. The molecule has 0 bridgehead atoms. The van der Waals surface area contributed by atoms with Crippen LogP contribution in [0.2, 0.25) is 5.02 Å². The van der Waals surface area contributed by atoms with Gasteiger partial charge in [-0.15, -0.1) is 0 Å². The molecule has 0 aliphatic carbocycles. The lowest BCUT2D eigenvalue weighted by atomic mass is 10.2. The van der Waals surface area contributed by atoms with Crippen molar-refractivity contribution >= 4 is 35.4 Å². The fourth-order valence-corrected chi connectivity index (χ4v) is 2.00. The largest absolute Gasteiger partial charge is 0.392 e. The second-order valence-corrected chi connectivity index (χ2v) is 5.28. The van der Waals surface area contributed by atoms with Gasteiger partial charge in [-0.1, -0.05) is 11.6 Å². The van der Waals surface area contributed by atoms with Gasteiger partial charge in [0, 0.05) is 28.6 Å². The molecule has 0 saturated heterocycles. The number of aliphatic hydroxyl groups is 1. The Labute approximate surface area is 147 Å². The Morgan fingerprint density at radius 2 is 2.32 bits per heavy atom. The molecule has 0 radical (unpaired) electrons. The third-order valence-corrected chi connectivity index (χ3v) is 3.45. The zero-order chi connectivity index (χ0) is 18.2. The molecule has 0 fully saturated rings. The average molecular weight is 372 g/mol. The number of nitrogens with zero attached hydrogens (tertiary/aromatic N) is 3. The van der Waals surface area contributed by atoms with Gasteiger partial charge in [0.1, 0.15) is 5.71 Å². The van der Waals surface area contributed by atoms with E-state index in [9.17, 15) is 8.78 Å². The number of alkyl halides is 2. The molecule has 7 nitrogen and oxygen atoms in total. The number of hydrogen-bond acceptors (Lipinski definition) is 7. The van der Waals surface area contributed by atoms with E-state index in [1.54, 1.807) is 6.20 Å². The van der Waals surface area contributed by atoms with E-state index in [0.29, 0.717) is 5.57 Å². The Hall–Kier alpha value is -2.36. The summed E-state index contributed by atoms with van der Waals surface area (Å²) in [6, 6.07) is 4.03. The molecule has 25 heavy (non-hydrogen) atoms. The third-order valence-electron chi connectivity index (χ3n) is 3.10. The fraction of sp³-hybridized carbons (Fsp3) is 0.267. The van der Waals surface area contributed by atoms with Crippen molar-refractivity contribution in [3.05, 3.63) is 40.6 Å². The summed E-state index contributed by atoms with van der Waals surface area (Å²) >= 11 is 5.70. The van der Waals surface area contributed by atoms with Crippen LogP contribution in [0.5, 0.6) is 0 Å². The van der Waals surface area contributed by atoms with Crippen molar-refractivity contribution in [3.63, 3.8) is 0 Å². The van der Waals surface area contributed by atoms with E-state index in [0.717, 1.165) is 0 Å². The Kier molecular flexibility index (Phi) is 6.99. The number of nitrogens with two attached hydrogens (primary N) is 1. The van der Waals surface area contributed by atoms with Crippen LogP contribution in [0, 0.1) is 0 Å². The molecule has 0 aromatic heterocycles. The Balaban J connectivity index is 1.94. The molecule has 0 spiro atoms. The second kappa shape index (κ2) is 9.21. The molecule has 1 aromatic rings. The van der Waals surface area contributed by atoms with Gasteiger partial charge >= 0.3 is 0 Å². The highest BCUT2D eigenvalue weighted by molar-refractivity contribution is 6.32. The first kappa shape index (κ1) is 19.0. The highest BCUT2D eigenvalue weighted by Crippen LogP contribution is 2.30. The van der Waals surface area contributed by atoms with Gasteiger partial charge in [-0.3, -0.25) is 4.99 Å². The fourth-order valence-electron chi connectivity index (χ4n) is 1.80. The number of aliphatic imine (C=N–C) groups is 2. The first-order chi connectivity index (χ1) is 12.0. The standard InChI is InChI=1S/C15H16ClF2N5O2/c16-13-2-1-10(3-12(13)14(17)18)20-6-11(23-19)8-25-15-21-4-9(7-24)5-22-15/h1-6,14-15,21,24H,7-8,19H2. The lowest BCUT2D eigenvalue weighted by Crippen LogP contribution is -2.31. The van der Waals surface area contributed by atoms with Crippen LogP contribution in [0.25, 0.3) is 0 Å². The first-order valence-electron chi connectivity index (χ1n) is 7.12. The van der Waals surface area contributed by atoms with Crippen molar-refractivity contribution in [3.8, 4) is 0 Å². The van der Waals surface area contributed by atoms with E-state index < -0.39 is 12.8 Å². The minimum Gasteiger partial charge on any atom is -0.392 e. The smallest absolute Gasteiger partial charge is 0.265 e. The summed E-state index contributed by atoms with van der Waals surface area (Å²) in [5.41, 5.74) is 0.880. The molecule has 1 unspecified atom stereocenters. The normalized spacial score (nSPS) is 17.9. The van der Waals surface area contributed by atoms with Gasteiger partial charge in [-0.25, -0.2) is 13.8 Å². The minimum atomic E-state index is -2.69. The zero-order valence-electron chi connectivity index (χ0n) is 12.9. The van der Waals surface area contributed by atoms with E-state index >= 15 is 0 Å². The summed E-state index contributed by atoms with van der Waals surface area (Å²) in [5.74, 6) is 5.27. The summed E-state index contributed by atoms with van der Waals surface area (Å²) in [6.07, 6.45) is 1.01. The highest BCUT2D eigenvalue weighted by atomic mass is 35.5. The topological polar surface area (TPSA) is 105 Å². The Morgan fingerprint density at radius 3 is 2.92 bits per heavy atom. The summed E-state index contributed by atoms with van der Waals surface area (Å²) in [4.78, 5) is 8.06. The van der Waals surface area contributed by atoms with Crippen LogP contribution in [0.15, 0.2) is 45.1 Å². The molecule has 4 N–H and O–H groups in total. The predicted octanol–water partition coefficient (Wildman–Crippen LogP) is 2.14. The third kappa shape index (κ3) is 5.59. The van der Waals surface area contributed by atoms with Crippen LogP contribution in [0.3, 0.4) is 0 Å².